The second-order valence-electron chi connectivity index (χ2n) is 7.20. The predicted molar refractivity (Wildman–Crippen MR) is 111 cm³/mol. The summed E-state index contributed by atoms with van der Waals surface area (Å²) in [5.74, 6) is 1.02. The molecule has 1 amide bonds. The summed E-state index contributed by atoms with van der Waals surface area (Å²) in [4.78, 5) is 20.8. The third kappa shape index (κ3) is 5.60. The van der Waals surface area contributed by atoms with E-state index in [-0.39, 0.29) is 23.5 Å². The molecular formula is C19H29N5O3S. The molecule has 154 valence electrons. The fourth-order valence-corrected chi connectivity index (χ4v) is 5.27. The minimum absolute atomic E-state index is 0.113. The second kappa shape index (κ2) is 9.27. The Labute approximate surface area is 166 Å². The molecule has 1 aromatic rings. The Bertz CT molecular complexity index is 789. The number of nitrogens with zero attached hydrogens (tertiary/aromatic N) is 3. The van der Waals surface area contributed by atoms with E-state index in [4.69, 9.17) is 0 Å². The number of guanidine groups is 1. The molecule has 2 N–H and O–H groups in total. The van der Waals surface area contributed by atoms with Crippen LogP contribution in [0.5, 0.6) is 0 Å². The highest BCUT2D eigenvalue weighted by molar-refractivity contribution is 7.91. The molecule has 2 heterocycles. The maximum Gasteiger partial charge on any atom is 0.224 e. The van der Waals surface area contributed by atoms with Gasteiger partial charge < -0.3 is 20.4 Å². The monoisotopic (exact) mass is 407 g/mol. The topological polar surface area (TPSA) is 94.1 Å². The first kappa shape index (κ1) is 20.4. The van der Waals surface area contributed by atoms with Gasteiger partial charge >= 0.3 is 0 Å². The first-order valence-electron chi connectivity index (χ1n) is 9.72. The third-order valence-electron chi connectivity index (χ3n) is 5.18. The molecule has 2 saturated heterocycles. The van der Waals surface area contributed by atoms with Gasteiger partial charge in [-0.05, 0) is 18.6 Å². The van der Waals surface area contributed by atoms with E-state index in [0.29, 0.717) is 25.3 Å². The summed E-state index contributed by atoms with van der Waals surface area (Å²) in [6, 6.07) is 10.1. The van der Waals surface area contributed by atoms with E-state index in [2.05, 4.69) is 32.7 Å². The third-order valence-corrected chi connectivity index (χ3v) is 6.95. The van der Waals surface area contributed by atoms with Gasteiger partial charge in [0.25, 0.3) is 0 Å². The van der Waals surface area contributed by atoms with Gasteiger partial charge in [0, 0.05) is 57.9 Å². The highest BCUT2D eigenvalue weighted by Gasteiger charge is 2.28. The normalized spacial score (nSPS) is 22.2. The second-order valence-corrected chi connectivity index (χ2v) is 9.43. The van der Waals surface area contributed by atoms with Crippen molar-refractivity contribution in [1.29, 1.82) is 0 Å². The van der Waals surface area contributed by atoms with Gasteiger partial charge in [0.05, 0.1) is 11.5 Å². The van der Waals surface area contributed by atoms with E-state index in [1.807, 2.05) is 23.1 Å². The zero-order chi connectivity index (χ0) is 20.0. The average Bonchev–Trinajstić information content (AvgIpc) is 3.06. The van der Waals surface area contributed by atoms with Crippen LogP contribution in [-0.4, -0.2) is 82.5 Å². The SMILES string of the molecule is CN=C(NCCC(=O)N1CCN(c2ccccc2)CC1)NC1CCS(=O)(=O)C1. The van der Waals surface area contributed by atoms with Crippen molar-refractivity contribution >= 4 is 27.4 Å². The van der Waals surface area contributed by atoms with Gasteiger partial charge in [-0.15, -0.1) is 0 Å². The van der Waals surface area contributed by atoms with Crippen LogP contribution in [0.1, 0.15) is 12.8 Å². The molecule has 8 nitrogen and oxygen atoms in total. The molecule has 9 heteroatoms. The van der Waals surface area contributed by atoms with Gasteiger partial charge in [-0.3, -0.25) is 9.79 Å². The van der Waals surface area contributed by atoms with E-state index in [0.717, 1.165) is 26.2 Å². The number of benzene rings is 1. The summed E-state index contributed by atoms with van der Waals surface area (Å²) in [5, 5.41) is 6.24. The lowest BCUT2D eigenvalue weighted by Gasteiger charge is -2.36. The van der Waals surface area contributed by atoms with Crippen molar-refractivity contribution in [2.75, 3.05) is 56.2 Å². The Morgan fingerprint density at radius 1 is 1.18 bits per heavy atom. The highest BCUT2D eigenvalue weighted by Crippen LogP contribution is 2.15. The molecule has 0 aromatic heterocycles. The Kier molecular flexibility index (Phi) is 6.77. The van der Waals surface area contributed by atoms with Crippen molar-refractivity contribution in [3.63, 3.8) is 0 Å². The fourth-order valence-electron chi connectivity index (χ4n) is 3.60. The van der Waals surface area contributed by atoms with Crippen molar-refractivity contribution in [1.82, 2.24) is 15.5 Å². The van der Waals surface area contributed by atoms with Crippen LogP contribution in [0.2, 0.25) is 0 Å². The van der Waals surface area contributed by atoms with E-state index in [9.17, 15) is 13.2 Å². The minimum atomic E-state index is -2.93. The molecule has 2 aliphatic heterocycles. The van der Waals surface area contributed by atoms with Crippen molar-refractivity contribution in [3.05, 3.63) is 30.3 Å². The number of amides is 1. The van der Waals surface area contributed by atoms with Crippen molar-refractivity contribution in [2.45, 2.75) is 18.9 Å². The molecule has 28 heavy (non-hydrogen) atoms. The lowest BCUT2D eigenvalue weighted by atomic mass is 10.2. The van der Waals surface area contributed by atoms with Crippen LogP contribution >= 0.6 is 0 Å². The zero-order valence-corrected chi connectivity index (χ0v) is 17.1. The van der Waals surface area contributed by atoms with Crippen LogP contribution in [0.25, 0.3) is 0 Å². The molecule has 0 spiro atoms. The van der Waals surface area contributed by atoms with Gasteiger partial charge in [0.1, 0.15) is 0 Å². The summed E-state index contributed by atoms with van der Waals surface area (Å²) in [7, 11) is -1.29. The largest absolute Gasteiger partial charge is 0.368 e. The standard InChI is InChI=1S/C19H29N5O3S/c1-20-19(22-16-8-14-28(26,27)15-16)21-9-7-18(25)24-12-10-23(11-13-24)17-5-3-2-4-6-17/h2-6,16H,7-15H2,1H3,(H2,20,21,22). The molecule has 2 aliphatic rings. The van der Waals surface area contributed by atoms with Gasteiger partial charge in [0.15, 0.2) is 15.8 Å². The van der Waals surface area contributed by atoms with E-state index >= 15 is 0 Å². The van der Waals surface area contributed by atoms with E-state index in [1.54, 1.807) is 7.05 Å². The number of hydrogen-bond acceptors (Lipinski definition) is 5. The lowest BCUT2D eigenvalue weighted by molar-refractivity contribution is -0.131. The highest BCUT2D eigenvalue weighted by atomic mass is 32.2. The summed E-state index contributed by atoms with van der Waals surface area (Å²) < 4.78 is 23.1. The Balaban J connectivity index is 1.37. The number of aliphatic imine (C=N–C) groups is 1. The minimum Gasteiger partial charge on any atom is -0.368 e. The number of sulfone groups is 1. The van der Waals surface area contributed by atoms with Crippen LogP contribution in [0.3, 0.4) is 0 Å². The summed E-state index contributed by atoms with van der Waals surface area (Å²) in [5.41, 5.74) is 1.19. The van der Waals surface area contributed by atoms with Crippen molar-refractivity contribution in [3.8, 4) is 0 Å². The number of anilines is 1. The quantitative estimate of drug-likeness (QED) is 0.530. The molecule has 1 aromatic carbocycles. The maximum absolute atomic E-state index is 12.5. The number of carbonyl (C=O) groups is 1. The molecule has 2 fully saturated rings. The van der Waals surface area contributed by atoms with Crippen molar-refractivity contribution < 1.29 is 13.2 Å². The summed E-state index contributed by atoms with van der Waals surface area (Å²) in [6.07, 6.45) is 0.975. The van der Waals surface area contributed by atoms with E-state index < -0.39 is 9.84 Å². The molecule has 0 radical (unpaired) electrons. The Morgan fingerprint density at radius 3 is 2.50 bits per heavy atom. The number of para-hydroxylation sites is 1. The van der Waals surface area contributed by atoms with Crippen LogP contribution in [0.15, 0.2) is 35.3 Å². The zero-order valence-electron chi connectivity index (χ0n) is 16.3. The molecule has 3 rings (SSSR count). The molecular weight excluding hydrogens is 378 g/mol. The number of carbonyl (C=O) groups excluding carboxylic acids is 1. The maximum atomic E-state index is 12.5. The lowest BCUT2D eigenvalue weighted by Crippen LogP contribution is -2.50. The molecule has 0 bridgehead atoms. The summed E-state index contributed by atoms with van der Waals surface area (Å²) in [6.45, 7) is 3.59. The first-order valence-corrected chi connectivity index (χ1v) is 11.5. The van der Waals surface area contributed by atoms with Crippen LogP contribution in [0, 0.1) is 0 Å². The average molecular weight is 408 g/mol. The van der Waals surface area contributed by atoms with Crippen molar-refractivity contribution in [2.24, 2.45) is 4.99 Å². The van der Waals surface area contributed by atoms with Gasteiger partial charge in [-0.25, -0.2) is 8.42 Å². The smallest absolute Gasteiger partial charge is 0.224 e. The van der Waals surface area contributed by atoms with Crippen LogP contribution < -0.4 is 15.5 Å². The van der Waals surface area contributed by atoms with E-state index in [1.165, 1.54) is 5.69 Å². The van der Waals surface area contributed by atoms with Gasteiger partial charge in [0.2, 0.25) is 5.91 Å². The van der Waals surface area contributed by atoms with Gasteiger partial charge in [-0.1, -0.05) is 18.2 Å². The number of hydrogen-bond donors (Lipinski definition) is 2. The Morgan fingerprint density at radius 2 is 1.89 bits per heavy atom. The van der Waals surface area contributed by atoms with Gasteiger partial charge in [-0.2, -0.15) is 0 Å². The molecule has 1 unspecified atom stereocenters. The predicted octanol–water partition coefficient (Wildman–Crippen LogP) is 0.0774. The number of piperazine rings is 1. The van der Waals surface area contributed by atoms with Crippen LogP contribution in [0.4, 0.5) is 5.69 Å². The summed E-state index contributed by atoms with van der Waals surface area (Å²) >= 11 is 0. The molecule has 1 atom stereocenters. The first-order chi connectivity index (χ1) is 13.5. The van der Waals surface area contributed by atoms with Crippen LogP contribution in [-0.2, 0) is 14.6 Å². The number of rotatable bonds is 5. The molecule has 0 aliphatic carbocycles. The number of nitrogens with one attached hydrogen (secondary N) is 2. The molecule has 0 saturated carbocycles. The Hall–Kier alpha value is -2.29. The fraction of sp³-hybridized carbons (Fsp3) is 0.579.